The lowest BCUT2D eigenvalue weighted by molar-refractivity contribution is 0.173. The van der Waals surface area contributed by atoms with Crippen LogP contribution >= 0.6 is 27.3 Å². The number of nitrogens with two attached hydrogens (primary N) is 1. The standard InChI is InChI=1S/C14H13BrN2O2S/c15-8-4-7(5-10-13(8)19-6-18-10)12(16)14-17-9-2-1-3-11(9)20-14/h4-5,12H,1-3,6,16H2. The molecule has 4 rings (SSSR count). The molecule has 0 saturated carbocycles. The van der Waals surface area contributed by atoms with Gasteiger partial charge in [0, 0.05) is 4.88 Å². The maximum Gasteiger partial charge on any atom is 0.231 e. The van der Waals surface area contributed by atoms with Crippen molar-refractivity contribution in [3.63, 3.8) is 0 Å². The van der Waals surface area contributed by atoms with Crippen LogP contribution in [0.1, 0.15) is 33.6 Å². The van der Waals surface area contributed by atoms with Gasteiger partial charge in [-0.1, -0.05) is 0 Å². The Balaban J connectivity index is 1.71. The van der Waals surface area contributed by atoms with E-state index in [2.05, 4.69) is 15.9 Å². The summed E-state index contributed by atoms with van der Waals surface area (Å²) in [7, 11) is 0. The Labute approximate surface area is 129 Å². The van der Waals surface area contributed by atoms with Crippen LogP contribution in [0.15, 0.2) is 16.6 Å². The third-order valence-corrected chi connectivity index (χ3v) is 5.52. The molecule has 0 amide bonds. The number of hydrogen-bond acceptors (Lipinski definition) is 5. The summed E-state index contributed by atoms with van der Waals surface area (Å²) in [5.41, 5.74) is 8.60. The minimum Gasteiger partial charge on any atom is -0.454 e. The molecule has 1 aliphatic heterocycles. The number of aromatic nitrogens is 1. The predicted octanol–water partition coefficient (Wildman–Crippen LogP) is 3.17. The Kier molecular flexibility index (Phi) is 2.98. The zero-order valence-electron chi connectivity index (χ0n) is 10.7. The number of halogens is 1. The second-order valence-corrected chi connectivity index (χ2v) is 6.96. The van der Waals surface area contributed by atoms with E-state index in [0.717, 1.165) is 39.4 Å². The van der Waals surface area contributed by atoms with Crippen molar-refractivity contribution in [2.75, 3.05) is 6.79 Å². The van der Waals surface area contributed by atoms with E-state index in [1.54, 1.807) is 11.3 Å². The van der Waals surface area contributed by atoms with Gasteiger partial charge in [-0.25, -0.2) is 4.98 Å². The van der Waals surface area contributed by atoms with E-state index in [-0.39, 0.29) is 12.8 Å². The van der Waals surface area contributed by atoms with E-state index in [4.69, 9.17) is 20.2 Å². The van der Waals surface area contributed by atoms with Gasteiger partial charge < -0.3 is 15.2 Å². The molecule has 1 aromatic heterocycles. The SMILES string of the molecule is NC(c1cc(Br)c2c(c1)OCO2)c1nc2c(s1)CCC2. The Morgan fingerprint density at radius 3 is 3.05 bits per heavy atom. The first-order valence-electron chi connectivity index (χ1n) is 6.55. The predicted molar refractivity (Wildman–Crippen MR) is 80.4 cm³/mol. The molecule has 104 valence electrons. The van der Waals surface area contributed by atoms with Crippen LogP contribution in [-0.4, -0.2) is 11.8 Å². The molecule has 4 nitrogen and oxygen atoms in total. The first-order valence-corrected chi connectivity index (χ1v) is 8.16. The minimum atomic E-state index is -0.212. The summed E-state index contributed by atoms with van der Waals surface area (Å²) < 4.78 is 11.7. The number of benzene rings is 1. The van der Waals surface area contributed by atoms with Crippen LogP contribution in [0.5, 0.6) is 11.5 Å². The highest BCUT2D eigenvalue weighted by atomic mass is 79.9. The quantitative estimate of drug-likeness (QED) is 0.901. The molecule has 20 heavy (non-hydrogen) atoms. The average Bonchev–Trinajstić information content (AvgIpc) is 3.12. The summed E-state index contributed by atoms with van der Waals surface area (Å²) in [5.74, 6) is 1.50. The molecule has 1 aromatic carbocycles. The molecule has 1 unspecified atom stereocenters. The average molecular weight is 353 g/mol. The summed E-state index contributed by atoms with van der Waals surface area (Å²) in [6, 6.07) is 3.73. The molecule has 2 N–H and O–H groups in total. The van der Waals surface area contributed by atoms with Gasteiger partial charge in [-0.3, -0.25) is 0 Å². The lowest BCUT2D eigenvalue weighted by Crippen LogP contribution is -2.11. The molecule has 1 atom stereocenters. The van der Waals surface area contributed by atoms with Crippen molar-refractivity contribution in [2.45, 2.75) is 25.3 Å². The Morgan fingerprint density at radius 1 is 1.30 bits per heavy atom. The van der Waals surface area contributed by atoms with Gasteiger partial charge in [0.25, 0.3) is 0 Å². The highest BCUT2D eigenvalue weighted by Gasteiger charge is 2.24. The first-order chi connectivity index (χ1) is 9.72. The van der Waals surface area contributed by atoms with Crippen LogP contribution in [-0.2, 0) is 12.8 Å². The van der Waals surface area contributed by atoms with Crippen LogP contribution in [0.4, 0.5) is 0 Å². The minimum absolute atomic E-state index is 0.212. The smallest absolute Gasteiger partial charge is 0.231 e. The fourth-order valence-corrected chi connectivity index (χ4v) is 4.41. The molecule has 2 aliphatic rings. The summed E-state index contributed by atoms with van der Waals surface area (Å²) in [6.07, 6.45) is 3.45. The van der Waals surface area contributed by atoms with Gasteiger partial charge in [0.1, 0.15) is 5.01 Å². The van der Waals surface area contributed by atoms with Crippen LogP contribution in [0, 0.1) is 0 Å². The van der Waals surface area contributed by atoms with Gasteiger partial charge in [0.05, 0.1) is 16.2 Å². The zero-order valence-corrected chi connectivity index (χ0v) is 13.1. The largest absolute Gasteiger partial charge is 0.454 e. The number of thiazole rings is 1. The molecule has 0 saturated heterocycles. The van der Waals surface area contributed by atoms with Crippen molar-refractivity contribution in [2.24, 2.45) is 5.73 Å². The summed E-state index contributed by atoms with van der Waals surface area (Å²) in [5, 5.41) is 0.987. The molecular formula is C14H13BrN2O2S. The topological polar surface area (TPSA) is 57.4 Å². The number of aryl methyl sites for hydroxylation is 2. The highest BCUT2D eigenvalue weighted by molar-refractivity contribution is 9.10. The molecule has 6 heteroatoms. The molecule has 0 bridgehead atoms. The van der Waals surface area contributed by atoms with Crippen molar-refractivity contribution >= 4 is 27.3 Å². The monoisotopic (exact) mass is 352 g/mol. The normalized spacial score (nSPS) is 17.3. The fraction of sp³-hybridized carbons (Fsp3) is 0.357. The van der Waals surface area contributed by atoms with Gasteiger partial charge in [0.15, 0.2) is 11.5 Å². The van der Waals surface area contributed by atoms with E-state index >= 15 is 0 Å². The molecule has 2 heterocycles. The summed E-state index contributed by atoms with van der Waals surface area (Å²) >= 11 is 5.25. The van der Waals surface area contributed by atoms with Gasteiger partial charge in [-0.2, -0.15) is 0 Å². The van der Waals surface area contributed by atoms with Crippen molar-refractivity contribution in [1.82, 2.24) is 4.98 Å². The van der Waals surface area contributed by atoms with Crippen molar-refractivity contribution in [1.29, 1.82) is 0 Å². The third kappa shape index (κ3) is 1.94. The van der Waals surface area contributed by atoms with E-state index in [0.29, 0.717) is 0 Å². The molecule has 2 aromatic rings. The number of hydrogen-bond donors (Lipinski definition) is 1. The van der Waals surface area contributed by atoms with E-state index in [1.165, 1.54) is 17.0 Å². The number of ether oxygens (including phenoxy) is 2. The van der Waals surface area contributed by atoms with E-state index in [1.807, 2.05) is 12.1 Å². The fourth-order valence-electron chi connectivity index (χ4n) is 2.65. The molecular weight excluding hydrogens is 340 g/mol. The van der Waals surface area contributed by atoms with Crippen molar-refractivity contribution < 1.29 is 9.47 Å². The van der Waals surface area contributed by atoms with Gasteiger partial charge in [-0.05, 0) is 52.9 Å². The van der Waals surface area contributed by atoms with Crippen LogP contribution in [0.25, 0.3) is 0 Å². The van der Waals surface area contributed by atoms with Crippen LogP contribution in [0.2, 0.25) is 0 Å². The number of fused-ring (bicyclic) bond motifs is 2. The first kappa shape index (κ1) is 12.6. The van der Waals surface area contributed by atoms with Crippen LogP contribution in [0.3, 0.4) is 0 Å². The third-order valence-electron chi connectivity index (χ3n) is 3.69. The zero-order chi connectivity index (χ0) is 13.7. The second kappa shape index (κ2) is 4.72. The maximum atomic E-state index is 6.37. The van der Waals surface area contributed by atoms with Crippen LogP contribution < -0.4 is 15.2 Å². The Bertz CT molecular complexity index is 665. The Hall–Kier alpha value is -1.11. The molecule has 0 spiro atoms. The van der Waals surface area contributed by atoms with Gasteiger partial charge in [-0.15, -0.1) is 11.3 Å². The maximum absolute atomic E-state index is 6.37. The number of nitrogens with zero attached hydrogens (tertiary/aromatic N) is 1. The van der Waals surface area contributed by atoms with E-state index in [9.17, 15) is 0 Å². The second-order valence-electron chi connectivity index (χ2n) is 4.99. The van der Waals surface area contributed by atoms with Gasteiger partial charge >= 0.3 is 0 Å². The summed E-state index contributed by atoms with van der Waals surface area (Å²) in [6.45, 7) is 0.262. The van der Waals surface area contributed by atoms with Crippen molar-refractivity contribution in [3.8, 4) is 11.5 Å². The molecule has 1 aliphatic carbocycles. The van der Waals surface area contributed by atoms with Gasteiger partial charge in [0.2, 0.25) is 6.79 Å². The summed E-state index contributed by atoms with van der Waals surface area (Å²) in [4.78, 5) is 6.09. The van der Waals surface area contributed by atoms with Crippen molar-refractivity contribution in [3.05, 3.63) is 37.7 Å². The molecule has 0 fully saturated rings. The highest BCUT2D eigenvalue weighted by Crippen LogP contribution is 2.42. The Morgan fingerprint density at radius 2 is 2.20 bits per heavy atom. The lowest BCUT2D eigenvalue weighted by atomic mass is 10.1. The lowest BCUT2D eigenvalue weighted by Gasteiger charge is -2.11. The van der Waals surface area contributed by atoms with E-state index < -0.39 is 0 Å². The molecule has 0 radical (unpaired) electrons. The number of rotatable bonds is 2.